The molecule has 0 radical (unpaired) electrons. The van der Waals surface area contributed by atoms with Crippen molar-refractivity contribution in [3.8, 4) is 22.6 Å². The van der Waals surface area contributed by atoms with Gasteiger partial charge in [-0.1, -0.05) is 44.0 Å². The summed E-state index contributed by atoms with van der Waals surface area (Å²) in [5, 5.41) is 0. The van der Waals surface area contributed by atoms with Crippen LogP contribution in [0, 0.1) is 17.5 Å². The normalized spacial score (nSPS) is 15.7. The third-order valence-electron chi connectivity index (χ3n) is 6.33. The molecule has 4 rings (SSSR count). The predicted octanol–water partition coefficient (Wildman–Crippen LogP) is 8.89. The molecule has 0 amide bonds. The SMILES string of the molecule is CCCCCc1ccc(-c2cc(F)c(C(F)(F)Oc3cc(F)c4c(c3)CCC(C(F)(F)F)O4)c(F)c2)cc1. The van der Waals surface area contributed by atoms with Gasteiger partial charge in [-0.25, -0.2) is 13.2 Å². The number of aryl methyl sites for hydroxylation is 2. The van der Waals surface area contributed by atoms with E-state index in [2.05, 4.69) is 16.4 Å². The van der Waals surface area contributed by atoms with E-state index < -0.39 is 59.3 Å². The minimum atomic E-state index is -4.73. The summed E-state index contributed by atoms with van der Waals surface area (Å²) in [5.41, 5.74) is -0.311. The molecule has 3 aromatic rings. The minimum Gasteiger partial charge on any atom is -0.478 e. The van der Waals surface area contributed by atoms with Crippen molar-refractivity contribution in [3.05, 3.63) is 82.7 Å². The van der Waals surface area contributed by atoms with Gasteiger partial charge in [-0.3, -0.25) is 0 Å². The molecule has 38 heavy (non-hydrogen) atoms. The predicted molar refractivity (Wildman–Crippen MR) is 125 cm³/mol. The molecule has 204 valence electrons. The van der Waals surface area contributed by atoms with Crippen molar-refractivity contribution in [2.24, 2.45) is 0 Å². The van der Waals surface area contributed by atoms with Crippen molar-refractivity contribution < 1.29 is 44.6 Å². The number of unbranched alkanes of at least 4 members (excludes halogenated alkanes) is 2. The van der Waals surface area contributed by atoms with Crippen LogP contribution >= 0.6 is 0 Å². The molecule has 10 heteroatoms. The average Bonchev–Trinajstić information content (AvgIpc) is 2.83. The zero-order chi connectivity index (χ0) is 27.7. The molecule has 0 aromatic heterocycles. The van der Waals surface area contributed by atoms with Crippen LogP contribution in [0.2, 0.25) is 0 Å². The van der Waals surface area contributed by atoms with Crippen LogP contribution in [0.1, 0.15) is 49.3 Å². The number of halogens is 8. The number of hydrogen-bond donors (Lipinski definition) is 0. The van der Waals surface area contributed by atoms with Crippen molar-refractivity contribution in [1.29, 1.82) is 0 Å². The second kappa shape index (κ2) is 10.8. The van der Waals surface area contributed by atoms with Crippen molar-refractivity contribution in [2.45, 2.75) is 63.8 Å². The molecule has 2 nitrogen and oxygen atoms in total. The lowest BCUT2D eigenvalue weighted by atomic mass is 9.99. The van der Waals surface area contributed by atoms with E-state index in [1.807, 2.05) is 0 Å². The summed E-state index contributed by atoms with van der Waals surface area (Å²) in [4.78, 5) is 0. The van der Waals surface area contributed by atoms with Gasteiger partial charge in [0.15, 0.2) is 17.7 Å². The van der Waals surface area contributed by atoms with E-state index >= 15 is 0 Å². The number of alkyl halides is 5. The zero-order valence-electron chi connectivity index (χ0n) is 20.3. The van der Waals surface area contributed by atoms with Crippen molar-refractivity contribution in [2.75, 3.05) is 0 Å². The highest BCUT2D eigenvalue weighted by Crippen LogP contribution is 2.42. The van der Waals surface area contributed by atoms with Gasteiger partial charge in [0.2, 0.25) is 0 Å². The monoisotopic (exact) mass is 544 g/mol. The van der Waals surface area contributed by atoms with Crippen LogP contribution in [0.4, 0.5) is 35.1 Å². The van der Waals surface area contributed by atoms with E-state index in [4.69, 9.17) is 0 Å². The number of fused-ring (bicyclic) bond motifs is 1. The molecule has 1 unspecified atom stereocenters. The zero-order valence-corrected chi connectivity index (χ0v) is 20.3. The highest BCUT2D eigenvalue weighted by Gasteiger charge is 2.45. The Morgan fingerprint density at radius 2 is 1.50 bits per heavy atom. The van der Waals surface area contributed by atoms with Crippen LogP contribution in [0.5, 0.6) is 11.5 Å². The average molecular weight is 544 g/mol. The van der Waals surface area contributed by atoms with E-state index in [0.717, 1.165) is 49.4 Å². The molecule has 1 atom stereocenters. The summed E-state index contributed by atoms with van der Waals surface area (Å²) in [6.45, 7) is 2.08. The maximum Gasteiger partial charge on any atom is 0.432 e. The van der Waals surface area contributed by atoms with Gasteiger partial charge in [0.1, 0.15) is 22.9 Å². The first-order valence-corrected chi connectivity index (χ1v) is 12.1. The second-order valence-electron chi connectivity index (χ2n) is 9.17. The highest BCUT2D eigenvalue weighted by molar-refractivity contribution is 5.64. The van der Waals surface area contributed by atoms with E-state index in [-0.39, 0.29) is 17.5 Å². The Kier molecular flexibility index (Phi) is 7.90. The first-order chi connectivity index (χ1) is 17.9. The van der Waals surface area contributed by atoms with Gasteiger partial charge < -0.3 is 9.47 Å². The van der Waals surface area contributed by atoms with E-state index in [0.29, 0.717) is 11.6 Å². The topological polar surface area (TPSA) is 18.5 Å². The van der Waals surface area contributed by atoms with Crippen LogP contribution < -0.4 is 9.47 Å². The van der Waals surface area contributed by atoms with Crippen molar-refractivity contribution >= 4 is 0 Å². The Balaban J connectivity index is 1.55. The van der Waals surface area contributed by atoms with Gasteiger partial charge in [-0.15, -0.1) is 0 Å². The molecule has 0 fully saturated rings. The van der Waals surface area contributed by atoms with Crippen molar-refractivity contribution in [3.63, 3.8) is 0 Å². The molecule has 0 aliphatic carbocycles. The molecule has 1 aliphatic rings. The number of benzene rings is 3. The smallest absolute Gasteiger partial charge is 0.432 e. The first kappa shape index (κ1) is 27.7. The summed E-state index contributed by atoms with van der Waals surface area (Å²) >= 11 is 0. The van der Waals surface area contributed by atoms with Gasteiger partial charge in [0, 0.05) is 11.6 Å². The third-order valence-corrected chi connectivity index (χ3v) is 6.33. The lowest BCUT2D eigenvalue weighted by Gasteiger charge is -2.28. The quantitative estimate of drug-likeness (QED) is 0.208. The fourth-order valence-electron chi connectivity index (χ4n) is 4.38. The summed E-state index contributed by atoms with van der Waals surface area (Å²) < 4.78 is 122. The largest absolute Gasteiger partial charge is 0.478 e. The Morgan fingerprint density at radius 3 is 2.11 bits per heavy atom. The summed E-state index contributed by atoms with van der Waals surface area (Å²) in [5.74, 6) is -6.07. The number of ether oxygens (including phenoxy) is 2. The Bertz CT molecular complexity index is 1260. The Hall–Kier alpha value is -3.30. The standard InChI is InChI=1S/C28H24F8O2/c1-2-3-4-5-16-6-8-17(9-7-16)19-13-21(29)25(22(30)14-19)28(35,36)38-20-12-18-10-11-24(27(32,33)34)37-26(18)23(31)15-20/h6-9,12-15,24H,2-5,10-11H2,1H3. The molecule has 0 saturated heterocycles. The Morgan fingerprint density at radius 1 is 0.842 bits per heavy atom. The van der Waals surface area contributed by atoms with Crippen LogP contribution in [0.15, 0.2) is 48.5 Å². The fraction of sp³-hybridized carbons (Fsp3) is 0.357. The van der Waals surface area contributed by atoms with Gasteiger partial charge in [-0.2, -0.15) is 22.0 Å². The molecular weight excluding hydrogens is 520 g/mol. The second-order valence-corrected chi connectivity index (χ2v) is 9.17. The number of hydrogen-bond acceptors (Lipinski definition) is 2. The first-order valence-electron chi connectivity index (χ1n) is 12.1. The molecule has 3 aromatic carbocycles. The summed E-state index contributed by atoms with van der Waals surface area (Å²) in [7, 11) is 0. The van der Waals surface area contributed by atoms with E-state index in [9.17, 15) is 35.1 Å². The molecule has 1 heterocycles. The van der Waals surface area contributed by atoms with Crippen LogP contribution in [0.3, 0.4) is 0 Å². The molecule has 0 bridgehead atoms. The maximum atomic E-state index is 14.9. The molecular formula is C28H24F8O2. The lowest BCUT2D eigenvalue weighted by molar-refractivity contribution is -0.199. The number of rotatable bonds is 8. The van der Waals surface area contributed by atoms with E-state index in [1.165, 1.54) is 0 Å². The molecule has 0 N–H and O–H groups in total. The van der Waals surface area contributed by atoms with Crippen molar-refractivity contribution in [1.82, 2.24) is 0 Å². The van der Waals surface area contributed by atoms with Crippen LogP contribution in [-0.4, -0.2) is 12.3 Å². The maximum absolute atomic E-state index is 14.9. The molecule has 1 aliphatic heterocycles. The summed E-state index contributed by atoms with van der Waals surface area (Å²) in [6.07, 6.45) is -8.43. The molecule has 0 spiro atoms. The fourth-order valence-corrected chi connectivity index (χ4v) is 4.38. The lowest BCUT2D eigenvalue weighted by Crippen LogP contribution is -2.37. The Labute approximate surface area is 214 Å². The van der Waals surface area contributed by atoms with Crippen LogP contribution in [-0.2, 0) is 19.0 Å². The summed E-state index contributed by atoms with van der Waals surface area (Å²) in [6, 6.07) is 9.65. The van der Waals surface area contributed by atoms with Gasteiger partial charge >= 0.3 is 12.3 Å². The van der Waals surface area contributed by atoms with Gasteiger partial charge in [0.25, 0.3) is 0 Å². The molecule has 0 saturated carbocycles. The van der Waals surface area contributed by atoms with Crippen LogP contribution in [0.25, 0.3) is 11.1 Å². The highest BCUT2D eigenvalue weighted by atomic mass is 19.4. The third kappa shape index (κ3) is 6.05. The minimum absolute atomic E-state index is 0.0378. The van der Waals surface area contributed by atoms with Gasteiger partial charge in [-0.05, 0) is 60.6 Å². The van der Waals surface area contributed by atoms with Gasteiger partial charge in [0.05, 0.1) is 0 Å². The van der Waals surface area contributed by atoms with E-state index in [1.54, 1.807) is 24.3 Å².